The van der Waals surface area contributed by atoms with Gasteiger partial charge in [-0.2, -0.15) is 5.10 Å². The van der Waals surface area contributed by atoms with Gasteiger partial charge in [0.15, 0.2) is 0 Å². The molecule has 0 aliphatic rings. The molecule has 0 spiro atoms. The van der Waals surface area contributed by atoms with Crippen molar-refractivity contribution in [2.45, 2.75) is 13.5 Å². The minimum Gasteiger partial charge on any atom is -0.488 e. The van der Waals surface area contributed by atoms with Gasteiger partial charge in [-0.05, 0) is 55.0 Å². The van der Waals surface area contributed by atoms with E-state index in [4.69, 9.17) is 39.5 Å². The van der Waals surface area contributed by atoms with Crippen molar-refractivity contribution < 1.29 is 14.3 Å². The van der Waals surface area contributed by atoms with Crippen molar-refractivity contribution in [2.24, 2.45) is 5.10 Å². The number of benzene rings is 3. The Morgan fingerprint density at radius 3 is 2.41 bits per heavy atom. The molecule has 9 heteroatoms. The zero-order valence-electron chi connectivity index (χ0n) is 16.9. The van der Waals surface area contributed by atoms with Crippen molar-refractivity contribution in [3.8, 4) is 5.75 Å². The van der Waals surface area contributed by atoms with Gasteiger partial charge in [-0.15, -0.1) is 0 Å². The summed E-state index contributed by atoms with van der Waals surface area (Å²) in [5, 5.41) is 7.67. The van der Waals surface area contributed by atoms with Gasteiger partial charge >= 0.3 is 11.8 Å². The molecule has 0 aliphatic heterocycles. The summed E-state index contributed by atoms with van der Waals surface area (Å²) in [5.74, 6) is -1.28. The monoisotopic (exact) mass is 489 g/mol. The van der Waals surface area contributed by atoms with E-state index in [1.165, 1.54) is 6.21 Å². The molecule has 6 nitrogen and oxygen atoms in total. The van der Waals surface area contributed by atoms with Gasteiger partial charge in [-0.1, -0.05) is 58.6 Å². The third-order valence-electron chi connectivity index (χ3n) is 4.24. The average Bonchev–Trinajstić information content (AvgIpc) is 2.77. The number of hydrogen-bond donors (Lipinski definition) is 2. The van der Waals surface area contributed by atoms with Gasteiger partial charge in [0.2, 0.25) is 0 Å². The summed E-state index contributed by atoms with van der Waals surface area (Å²) in [6, 6.07) is 17.2. The predicted octanol–water partition coefficient (Wildman–Crippen LogP) is 5.62. The second-order valence-corrected chi connectivity index (χ2v) is 7.99. The largest absolute Gasteiger partial charge is 0.488 e. The van der Waals surface area contributed by atoms with E-state index < -0.39 is 11.8 Å². The Kier molecular flexibility index (Phi) is 8.11. The van der Waals surface area contributed by atoms with Crippen molar-refractivity contribution in [1.82, 2.24) is 5.43 Å². The van der Waals surface area contributed by atoms with Crippen LogP contribution in [0.4, 0.5) is 5.69 Å². The Bertz CT molecular complexity index is 1160. The smallest absolute Gasteiger partial charge is 0.329 e. The summed E-state index contributed by atoms with van der Waals surface area (Å²) >= 11 is 18.0. The molecule has 0 heterocycles. The molecule has 2 N–H and O–H groups in total. The molecule has 0 atom stereocenters. The molecule has 164 valence electrons. The van der Waals surface area contributed by atoms with Gasteiger partial charge in [0.25, 0.3) is 0 Å². The van der Waals surface area contributed by atoms with E-state index in [0.29, 0.717) is 32.1 Å². The van der Waals surface area contributed by atoms with Crippen LogP contribution >= 0.6 is 34.8 Å². The second kappa shape index (κ2) is 11.0. The maximum absolute atomic E-state index is 12.0. The number of hydrogen-bond acceptors (Lipinski definition) is 4. The van der Waals surface area contributed by atoms with Gasteiger partial charge in [-0.25, -0.2) is 5.43 Å². The SMILES string of the molecule is Cc1ccc(NC(=O)C(=O)N/N=C\c2cc(Cl)ccc2OCc2ccc(Cl)c(Cl)c2)cc1. The van der Waals surface area contributed by atoms with Gasteiger partial charge in [-0.3, -0.25) is 9.59 Å². The van der Waals surface area contributed by atoms with Crippen LogP contribution in [0.5, 0.6) is 5.75 Å². The highest BCUT2D eigenvalue weighted by atomic mass is 35.5. The number of ether oxygens (including phenoxy) is 1. The molecule has 0 radical (unpaired) electrons. The Labute approximate surface area is 200 Å². The lowest BCUT2D eigenvalue weighted by atomic mass is 10.2. The molecular formula is C23H18Cl3N3O3. The van der Waals surface area contributed by atoms with Crippen molar-refractivity contribution in [3.05, 3.63) is 92.4 Å². The molecule has 0 saturated carbocycles. The zero-order chi connectivity index (χ0) is 23.1. The highest BCUT2D eigenvalue weighted by Gasteiger charge is 2.13. The number of anilines is 1. The molecule has 2 amide bonds. The molecular weight excluding hydrogens is 473 g/mol. The molecule has 32 heavy (non-hydrogen) atoms. The Morgan fingerprint density at radius 2 is 1.69 bits per heavy atom. The molecule has 3 aromatic carbocycles. The summed E-state index contributed by atoms with van der Waals surface area (Å²) in [4.78, 5) is 24.0. The van der Waals surface area contributed by atoms with Crippen LogP contribution in [-0.2, 0) is 16.2 Å². The molecule has 3 aromatic rings. The lowest BCUT2D eigenvalue weighted by Gasteiger charge is -2.10. The van der Waals surface area contributed by atoms with Crippen LogP contribution in [0.15, 0.2) is 65.8 Å². The van der Waals surface area contributed by atoms with Gasteiger partial charge in [0.05, 0.1) is 16.3 Å². The zero-order valence-corrected chi connectivity index (χ0v) is 19.1. The first kappa shape index (κ1) is 23.6. The summed E-state index contributed by atoms with van der Waals surface area (Å²) in [6.45, 7) is 2.15. The van der Waals surface area contributed by atoms with E-state index in [9.17, 15) is 9.59 Å². The Balaban J connectivity index is 1.62. The van der Waals surface area contributed by atoms with Gasteiger partial charge in [0, 0.05) is 16.3 Å². The number of nitrogens with one attached hydrogen (secondary N) is 2. The van der Waals surface area contributed by atoms with E-state index in [-0.39, 0.29) is 6.61 Å². The molecule has 0 bridgehead atoms. The number of carbonyl (C=O) groups excluding carboxylic acids is 2. The van der Waals surface area contributed by atoms with Gasteiger partial charge < -0.3 is 10.1 Å². The van der Waals surface area contributed by atoms with Crippen LogP contribution in [0.25, 0.3) is 0 Å². The number of amides is 2. The molecule has 0 aliphatic carbocycles. The van der Waals surface area contributed by atoms with Crippen molar-refractivity contribution >= 4 is 58.5 Å². The van der Waals surface area contributed by atoms with E-state index in [1.54, 1.807) is 48.5 Å². The van der Waals surface area contributed by atoms with Crippen LogP contribution in [-0.4, -0.2) is 18.0 Å². The predicted molar refractivity (Wildman–Crippen MR) is 128 cm³/mol. The minimum absolute atomic E-state index is 0.227. The summed E-state index contributed by atoms with van der Waals surface area (Å²) in [6.07, 6.45) is 1.34. The van der Waals surface area contributed by atoms with Crippen molar-refractivity contribution in [1.29, 1.82) is 0 Å². The molecule has 0 aromatic heterocycles. The van der Waals surface area contributed by atoms with E-state index >= 15 is 0 Å². The highest BCUT2D eigenvalue weighted by Crippen LogP contribution is 2.25. The number of aryl methyl sites for hydroxylation is 1. The first-order valence-corrected chi connectivity index (χ1v) is 10.5. The first-order chi connectivity index (χ1) is 15.3. The van der Waals surface area contributed by atoms with Crippen LogP contribution in [0, 0.1) is 6.92 Å². The van der Waals surface area contributed by atoms with E-state index in [0.717, 1.165) is 11.1 Å². The van der Waals surface area contributed by atoms with Crippen LogP contribution in [0.3, 0.4) is 0 Å². The molecule has 3 rings (SSSR count). The van der Waals surface area contributed by atoms with Crippen LogP contribution < -0.4 is 15.5 Å². The van der Waals surface area contributed by atoms with Crippen LogP contribution in [0.1, 0.15) is 16.7 Å². The fourth-order valence-corrected chi connectivity index (χ4v) is 3.08. The standard InChI is InChI=1S/C23H18Cl3N3O3/c1-14-2-6-18(7-3-14)28-22(30)23(31)29-27-12-16-11-17(24)5-9-21(16)32-13-15-4-8-19(25)20(26)10-15/h2-12H,13H2,1H3,(H,28,30)(H,29,31)/b27-12-. The molecule has 0 fully saturated rings. The summed E-state index contributed by atoms with van der Waals surface area (Å²) in [7, 11) is 0. The maximum atomic E-state index is 12.0. The number of nitrogens with zero attached hydrogens (tertiary/aromatic N) is 1. The Morgan fingerprint density at radius 1 is 0.938 bits per heavy atom. The van der Waals surface area contributed by atoms with E-state index in [2.05, 4.69) is 15.8 Å². The summed E-state index contributed by atoms with van der Waals surface area (Å²) in [5.41, 5.74) is 5.06. The molecule has 0 saturated heterocycles. The topological polar surface area (TPSA) is 79.8 Å². The third kappa shape index (κ3) is 6.72. The maximum Gasteiger partial charge on any atom is 0.329 e. The quantitative estimate of drug-likeness (QED) is 0.267. The fraction of sp³-hybridized carbons (Fsp3) is 0.0870. The number of halogens is 3. The summed E-state index contributed by atoms with van der Waals surface area (Å²) < 4.78 is 5.82. The lowest BCUT2D eigenvalue weighted by Crippen LogP contribution is -2.32. The number of rotatable bonds is 6. The highest BCUT2D eigenvalue weighted by molar-refractivity contribution is 6.42. The number of carbonyl (C=O) groups is 2. The van der Waals surface area contributed by atoms with Gasteiger partial charge in [0.1, 0.15) is 12.4 Å². The van der Waals surface area contributed by atoms with Crippen LogP contribution in [0.2, 0.25) is 15.1 Å². The first-order valence-electron chi connectivity index (χ1n) is 9.39. The molecule has 0 unspecified atom stereocenters. The van der Waals surface area contributed by atoms with Crippen molar-refractivity contribution in [3.63, 3.8) is 0 Å². The van der Waals surface area contributed by atoms with Crippen molar-refractivity contribution in [2.75, 3.05) is 5.32 Å². The fourth-order valence-electron chi connectivity index (χ4n) is 2.58. The average molecular weight is 491 g/mol. The third-order valence-corrected chi connectivity index (χ3v) is 5.21. The number of hydrazone groups is 1. The normalized spacial score (nSPS) is 10.8. The second-order valence-electron chi connectivity index (χ2n) is 6.74. The minimum atomic E-state index is -0.915. The lowest BCUT2D eigenvalue weighted by molar-refractivity contribution is -0.136. The Hall–Kier alpha value is -3.06. The van der Waals surface area contributed by atoms with E-state index in [1.807, 2.05) is 19.1 Å².